The lowest BCUT2D eigenvalue weighted by molar-refractivity contribution is -0.113. The average Bonchev–Trinajstić information content (AvgIpc) is 2.45. The van der Waals surface area contributed by atoms with Crippen molar-refractivity contribution in [2.24, 2.45) is 5.92 Å². The van der Waals surface area contributed by atoms with E-state index in [1.807, 2.05) is 13.8 Å². The lowest BCUT2D eigenvalue weighted by atomic mass is 10.0. The molecule has 1 rings (SSSR count). The molecular weight excluding hydrogens is 292 g/mol. The first-order valence-electron chi connectivity index (χ1n) is 6.90. The number of ether oxygens (including phenoxy) is 2. The summed E-state index contributed by atoms with van der Waals surface area (Å²) in [7, 11) is -0.510. The van der Waals surface area contributed by atoms with Crippen LogP contribution in [0.4, 0.5) is 0 Å². The van der Waals surface area contributed by atoms with E-state index in [1.54, 1.807) is 38.5 Å². The van der Waals surface area contributed by atoms with Crippen molar-refractivity contribution in [3.05, 3.63) is 29.8 Å². The highest BCUT2D eigenvalue weighted by molar-refractivity contribution is 7.86. The van der Waals surface area contributed by atoms with E-state index in [1.165, 1.54) is 0 Å². The maximum Gasteiger partial charge on any atom is 0.296 e. The van der Waals surface area contributed by atoms with Crippen molar-refractivity contribution >= 4 is 10.1 Å². The van der Waals surface area contributed by atoms with Gasteiger partial charge in [0.25, 0.3) is 10.1 Å². The van der Waals surface area contributed by atoms with Crippen LogP contribution in [-0.2, 0) is 23.8 Å². The minimum atomic E-state index is -3.67. The Hall–Kier alpha value is -0.950. The molecule has 0 saturated carbocycles. The SMILES string of the molecule is COC(C[C@@H](C)CCOS(=O)(=O)c1ccc(C)cc1)OC. The normalized spacial score (nSPS) is 13.6. The van der Waals surface area contributed by atoms with E-state index in [-0.39, 0.29) is 23.7 Å². The molecule has 0 fully saturated rings. The van der Waals surface area contributed by atoms with Crippen molar-refractivity contribution in [1.29, 1.82) is 0 Å². The molecule has 0 amide bonds. The number of methoxy groups -OCH3 is 2. The van der Waals surface area contributed by atoms with Crippen LogP contribution in [-0.4, -0.2) is 35.5 Å². The molecule has 0 bridgehead atoms. The Morgan fingerprint density at radius 3 is 2.19 bits per heavy atom. The van der Waals surface area contributed by atoms with Crippen molar-refractivity contribution in [1.82, 2.24) is 0 Å². The zero-order valence-corrected chi connectivity index (χ0v) is 13.9. The monoisotopic (exact) mass is 316 g/mol. The van der Waals surface area contributed by atoms with Crippen molar-refractivity contribution < 1.29 is 22.1 Å². The number of rotatable bonds is 9. The van der Waals surface area contributed by atoms with Gasteiger partial charge < -0.3 is 9.47 Å². The summed E-state index contributed by atoms with van der Waals surface area (Å²) in [5.41, 5.74) is 1.01. The van der Waals surface area contributed by atoms with Gasteiger partial charge in [0.05, 0.1) is 11.5 Å². The van der Waals surface area contributed by atoms with E-state index >= 15 is 0 Å². The van der Waals surface area contributed by atoms with Gasteiger partial charge in [0.1, 0.15) is 0 Å². The summed E-state index contributed by atoms with van der Waals surface area (Å²) in [5, 5.41) is 0. The molecule has 1 atom stereocenters. The predicted molar refractivity (Wildman–Crippen MR) is 80.5 cm³/mol. The molecule has 120 valence electrons. The van der Waals surface area contributed by atoms with Gasteiger partial charge in [-0.15, -0.1) is 0 Å². The molecule has 6 heteroatoms. The quantitative estimate of drug-likeness (QED) is 0.518. The average molecular weight is 316 g/mol. The Bertz CT molecular complexity index is 505. The fraction of sp³-hybridized carbons (Fsp3) is 0.600. The van der Waals surface area contributed by atoms with Gasteiger partial charge in [0, 0.05) is 20.6 Å². The van der Waals surface area contributed by atoms with E-state index in [4.69, 9.17) is 13.7 Å². The molecule has 0 aliphatic heterocycles. The van der Waals surface area contributed by atoms with E-state index in [2.05, 4.69) is 0 Å². The van der Waals surface area contributed by atoms with Crippen molar-refractivity contribution in [3.8, 4) is 0 Å². The molecule has 0 unspecified atom stereocenters. The Morgan fingerprint density at radius 2 is 1.67 bits per heavy atom. The van der Waals surface area contributed by atoms with Gasteiger partial charge in [-0.3, -0.25) is 4.18 Å². The Morgan fingerprint density at radius 1 is 1.10 bits per heavy atom. The van der Waals surface area contributed by atoms with Crippen LogP contribution >= 0.6 is 0 Å². The predicted octanol–water partition coefficient (Wildman–Crippen LogP) is 2.74. The molecule has 21 heavy (non-hydrogen) atoms. The van der Waals surface area contributed by atoms with Gasteiger partial charge in [-0.05, 0) is 31.4 Å². The third-order valence-electron chi connectivity index (χ3n) is 3.28. The molecule has 0 radical (unpaired) electrons. The zero-order chi connectivity index (χ0) is 15.9. The smallest absolute Gasteiger partial charge is 0.296 e. The molecule has 0 spiro atoms. The van der Waals surface area contributed by atoms with Gasteiger partial charge >= 0.3 is 0 Å². The largest absolute Gasteiger partial charge is 0.356 e. The first kappa shape index (κ1) is 18.1. The number of hydrogen-bond acceptors (Lipinski definition) is 5. The molecule has 0 heterocycles. The van der Waals surface area contributed by atoms with Gasteiger partial charge in [-0.25, -0.2) is 0 Å². The third-order valence-corrected chi connectivity index (χ3v) is 4.61. The summed E-state index contributed by atoms with van der Waals surface area (Å²) in [6, 6.07) is 6.61. The van der Waals surface area contributed by atoms with Crippen LogP contribution in [0.25, 0.3) is 0 Å². The van der Waals surface area contributed by atoms with Crippen molar-refractivity contribution in [2.45, 2.75) is 37.9 Å². The van der Waals surface area contributed by atoms with E-state index in [0.717, 1.165) is 5.56 Å². The summed E-state index contributed by atoms with van der Waals surface area (Å²) in [4.78, 5) is 0.187. The lowest BCUT2D eigenvalue weighted by Crippen LogP contribution is -2.18. The summed E-state index contributed by atoms with van der Waals surface area (Å²) >= 11 is 0. The van der Waals surface area contributed by atoms with Crippen LogP contribution in [0.3, 0.4) is 0 Å². The molecule has 0 aliphatic carbocycles. The standard InChI is InChI=1S/C15H24O5S/c1-12-5-7-14(8-6-12)21(16,17)20-10-9-13(2)11-15(18-3)19-4/h5-8,13,15H,9-11H2,1-4H3/t13-/m0/s1. The summed E-state index contributed by atoms with van der Waals surface area (Å²) in [5.74, 6) is 0.239. The maximum atomic E-state index is 12.0. The number of benzene rings is 1. The van der Waals surface area contributed by atoms with E-state index < -0.39 is 10.1 Å². The van der Waals surface area contributed by atoms with Gasteiger partial charge in [0.2, 0.25) is 0 Å². The fourth-order valence-electron chi connectivity index (χ4n) is 1.87. The van der Waals surface area contributed by atoms with E-state index in [9.17, 15) is 8.42 Å². The topological polar surface area (TPSA) is 61.8 Å². The minimum Gasteiger partial charge on any atom is -0.356 e. The highest BCUT2D eigenvalue weighted by atomic mass is 32.2. The third kappa shape index (κ3) is 6.13. The van der Waals surface area contributed by atoms with Crippen LogP contribution < -0.4 is 0 Å². The lowest BCUT2D eigenvalue weighted by Gasteiger charge is -2.18. The second-order valence-corrected chi connectivity index (χ2v) is 6.74. The first-order chi connectivity index (χ1) is 9.89. The Labute approximate surface area is 127 Å². The van der Waals surface area contributed by atoms with E-state index in [0.29, 0.717) is 12.8 Å². The molecule has 0 saturated heterocycles. The highest BCUT2D eigenvalue weighted by Crippen LogP contribution is 2.17. The van der Waals surface area contributed by atoms with Crippen LogP contribution in [0.15, 0.2) is 29.2 Å². The van der Waals surface area contributed by atoms with Gasteiger partial charge in [0.15, 0.2) is 6.29 Å². The molecule has 0 aromatic heterocycles. The van der Waals surface area contributed by atoms with Crippen molar-refractivity contribution in [3.63, 3.8) is 0 Å². The molecule has 1 aromatic rings. The first-order valence-corrected chi connectivity index (χ1v) is 8.31. The second kappa shape index (κ2) is 8.48. The Balaban J connectivity index is 2.45. The molecule has 0 N–H and O–H groups in total. The molecule has 1 aromatic carbocycles. The van der Waals surface area contributed by atoms with Gasteiger partial charge in [-0.2, -0.15) is 8.42 Å². The van der Waals surface area contributed by atoms with Crippen LogP contribution in [0.5, 0.6) is 0 Å². The Kier molecular flexibility index (Phi) is 7.31. The summed E-state index contributed by atoms with van der Waals surface area (Å²) in [6.45, 7) is 4.06. The maximum absolute atomic E-state index is 12.0. The highest BCUT2D eigenvalue weighted by Gasteiger charge is 2.16. The zero-order valence-electron chi connectivity index (χ0n) is 13.0. The summed E-state index contributed by atoms with van der Waals surface area (Å²) in [6.07, 6.45) is 1.05. The van der Waals surface area contributed by atoms with Crippen molar-refractivity contribution in [2.75, 3.05) is 20.8 Å². The number of aryl methyl sites for hydroxylation is 1. The molecule has 5 nitrogen and oxygen atoms in total. The van der Waals surface area contributed by atoms with Crippen LogP contribution in [0.2, 0.25) is 0 Å². The molecular formula is C15H24O5S. The van der Waals surface area contributed by atoms with Gasteiger partial charge in [-0.1, -0.05) is 24.6 Å². The number of hydrogen-bond donors (Lipinski definition) is 0. The second-order valence-electron chi connectivity index (χ2n) is 5.12. The minimum absolute atomic E-state index is 0.150. The van der Waals surface area contributed by atoms with Crippen LogP contribution in [0.1, 0.15) is 25.3 Å². The summed E-state index contributed by atoms with van der Waals surface area (Å²) < 4.78 is 39.3. The molecule has 0 aliphatic rings. The van der Waals surface area contributed by atoms with Crippen LogP contribution in [0, 0.1) is 12.8 Å². The fourth-order valence-corrected chi connectivity index (χ4v) is 2.79.